The number of rotatable bonds is 4. The molecule has 2 aromatic heterocycles. The zero-order valence-corrected chi connectivity index (χ0v) is 13.5. The summed E-state index contributed by atoms with van der Waals surface area (Å²) >= 11 is 1.71. The smallest absolute Gasteiger partial charge is 0.227 e. The number of nitrogens with one attached hydrogen (secondary N) is 1. The molecule has 3 rings (SSSR count). The lowest BCUT2D eigenvalue weighted by molar-refractivity contribution is -0.131. The molecule has 0 aliphatic carbocycles. The van der Waals surface area contributed by atoms with Crippen LogP contribution in [0.2, 0.25) is 0 Å². The van der Waals surface area contributed by atoms with E-state index in [1.54, 1.807) is 17.5 Å². The average molecular weight is 316 g/mol. The van der Waals surface area contributed by atoms with E-state index < -0.39 is 0 Å². The van der Waals surface area contributed by atoms with Crippen LogP contribution >= 0.6 is 11.3 Å². The lowest BCUT2D eigenvalue weighted by Gasteiger charge is -2.32. The highest BCUT2D eigenvalue weighted by Gasteiger charge is 2.23. The topological polar surface area (TPSA) is 58.1 Å². The van der Waals surface area contributed by atoms with Crippen LogP contribution in [0.4, 0.5) is 5.82 Å². The van der Waals surface area contributed by atoms with Crippen LogP contribution in [-0.2, 0) is 11.2 Å². The molecule has 22 heavy (non-hydrogen) atoms. The van der Waals surface area contributed by atoms with Gasteiger partial charge in [-0.25, -0.2) is 0 Å². The van der Waals surface area contributed by atoms with Gasteiger partial charge in [-0.3, -0.25) is 4.79 Å². The highest BCUT2D eigenvalue weighted by Crippen LogP contribution is 2.19. The van der Waals surface area contributed by atoms with Gasteiger partial charge in [-0.15, -0.1) is 16.4 Å². The van der Waals surface area contributed by atoms with Crippen LogP contribution in [-0.4, -0.2) is 40.1 Å². The first-order chi connectivity index (χ1) is 10.7. The van der Waals surface area contributed by atoms with Crippen molar-refractivity contribution in [2.45, 2.75) is 32.2 Å². The van der Waals surface area contributed by atoms with Gasteiger partial charge >= 0.3 is 0 Å². The first kappa shape index (κ1) is 15.0. The van der Waals surface area contributed by atoms with E-state index >= 15 is 0 Å². The minimum absolute atomic E-state index is 0.236. The molecule has 1 saturated heterocycles. The molecule has 2 aromatic rings. The number of carbonyl (C=O) groups excluding carboxylic acids is 1. The molecule has 5 nitrogen and oxygen atoms in total. The second kappa shape index (κ2) is 6.87. The minimum Gasteiger partial charge on any atom is -0.366 e. The fraction of sp³-hybridized carbons (Fsp3) is 0.438. The number of anilines is 1. The van der Waals surface area contributed by atoms with Gasteiger partial charge in [-0.05, 0) is 44.0 Å². The average Bonchev–Trinajstić information content (AvgIpc) is 2.94. The number of hydrogen-bond acceptors (Lipinski definition) is 5. The Labute approximate surface area is 134 Å². The number of aromatic nitrogens is 2. The summed E-state index contributed by atoms with van der Waals surface area (Å²) in [5.74, 6) is 1.04. The predicted molar refractivity (Wildman–Crippen MR) is 88.0 cm³/mol. The van der Waals surface area contributed by atoms with Gasteiger partial charge in [0, 0.05) is 35.1 Å². The molecule has 0 spiro atoms. The van der Waals surface area contributed by atoms with Gasteiger partial charge in [-0.2, -0.15) is 5.10 Å². The number of thiophene rings is 1. The molecule has 1 amide bonds. The van der Waals surface area contributed by atoms with E-state index in [0.29, 0.717) is 12.5 Å². The van der Waals surface area contributed by atoms with E-state index in [0.717, 1.165) is 36.6 Å². The van der Waals surface area contributed by atoms with Crippen molar-refractivity contribution >= 4 is 23.1 Å². The van der Waals surface area contributed by atoms with Crippen LogP contribution in [0.1, 0.15) is 22.6 Å². The van der Waals surface area contributed by atoms with Crippen molar-refractivity contribution in [2.24, 2.45) is 0 Å². The number of aryl methyl sites for hydroxylation is 1. The summed E-state index contributed by atoms with van der Waals surface area (Å²) in [6, 6.07) is 8.29. The number of likely N-dealkylation sites (tertiary alicyclic amines) is 1. The Kier molecular flexibility index (Phi) is 4.68. The Bertz CT molecular complexity index is 620. The SMILES string of the molecule is Cc1ccc(CC(=O)N2CCC(Nc3cccnn3)CC2)s1. The van der Waals surface area contributed by atoms with E-state index in [1.807, 2.05) is 17.0 Å². The summed E-state index contributed by atoms with van der Waals surface area (Å²) in [6.07, 6.45) is 4.09. The standard InChI is InChI=1S/C16H20N4OS/c1-12-4-5-14(22-12)11-16(21)20-9-6-13(7-10-20)18-15-3-2-8-17-19-15/h2-5,8,13H,6-7,9-11H2,1H3,(H,18,19). The third-order valence-corrected chi connectivity index (χ3v) is 4.89. The molecule has 3 heterocycles. The molecule has 1 aliphatic rings. The molecule has 1 fully saturated rings. The van der Waals surface area contributed by atoms with Crippen LogP contribution in [0.5, 0.6) is 0 Å². The Morgan fingerprint density at radius 1 is 1.36 bits per heavy atom. The van der Waals surface area contributed by atoms with Crippen molar-refractivity contribution in [3.05, 3.63) is 40.2 Å². The van der Waals surface area contributed by atoms with Gasteiger partial charge in [-0.1, -0.05) is 0 Å². The maximum atomic E-state index is 12.3. The number of nitrogens with zero attached hydrogens (tertiary/aromatic N) is 3. The fourth-order valence-electron chi connectivity index (χ4n) is 2.70. The van der Waals surface area contributed by atoms with E-state index in [9.17, 15) is 4.79 Å². The lowest BCUT2D eigenvalue weighted by Crippen LogP contribution is -2.43. The third kappa shape index (κ3) is 3.82. The van der Waals surface area contributed by atoms with Crippen LogP contribution < -0.4 is 5.32 Å². The monoisotopic (exact) mass is 316 g/mol. The molecular formula is C16H20N4OS. The van der Waals surface area contributed by atoms with Gasteiger partial charge in [0.05, 0.1) is 6.42 Å². The molecule has 0 saturated carbocycles. The molecule has 6 heteroatoms. The predicted octanol–water partition coefficient (Wildman–Crippen LogP) is 2.49. The number of carbonyl (C=O) groups is 1. The maximum absolute atomic E-state index is 12.3. The Morgan fingerprint density at radius 2 is 2.18 bits per heavy atom. The highest BCUT2D eigenvalue weighted by atomic mass is 32.1. The zero-order valence-electron chi connectivity index (χ0n) is 12.7. The van der Waals surface area contributed by atoms with Crippen molar-refractivity contribution < 1.29 is 4.79 Å². The second-order valence-corrected chi connectivity index (χ2v) is 6.97. The van der Waals surface area contributed by atoms with Gasteiger partial charge in [0.2, 0.25) is 5.91 Å². The molecule has 0 atom stereocenters. The number of piperidine rings is 1. The van der Waals surface area contributed by atoms with Crippen LogP contribution in [0, 0.1) is 6.92 Å². The van der Waals surface area contributed by atoms with Gasteiger partial charge in [0.1, 0.15) is 5.82 Å². The summed E-state index contributed by atoms with van der Waals surface area (Å²) in [5, 5.41) is 11.3. The second-order valence-electron chi connectivity index (χ2n) is 5.60. The summed E-state index contributed by atoms with van der Waals surface area (Å²) in [4.78, 5) is 16.7. The van der Waals surface area contributed by atoms with Crippen molar-refractivity contribution in [3.8, 4) is 0 Å². The van der Waals surface area contributed by atoms with Gasteiger partial charge < -0.3 is 10.2 Å². The van der Waals surface area contributed by atoms with Crippen molar-refractivity contribution in [3.63, 3.8) is 0 Å². The van der Waals surface area contributed by atoms with E-state index in [2.05, 4.69) is 34.6 Å². The minimum atomic E-state index is 0.236. The van der Waals surface area contributed by atoms with Gasteiger partial charge in [0.15, 0.2) is 0 Å². The van der Waals surface area contributed by atoms with Crippen LogP contribution in [0.15, 0.2) is 30.5 Å². The Balaban J connectivity index is 1.48. The summed E-state index contributed by atoms with van der Waals surface area (Å²) in [5.41, 5.74) is 0. The summed E-state index contributed by atoms with van der Waals surface area (Å²) in [7, 11) is 0. The first-order valence-corrected chi connectivity index (χ1v) is 8.40. The maximum Gasteiger partial charge on any atom is 0.227 e. The molecular weight excluding hydrogens is 296 g/mol. The van der Waals surface area contributed by atoms with Crippen molar-refractivity contribution in [1.82, 2.24) is 15.1 Å². The summed E-state index contributed by atoms with van der Waals surface area (Å²) in [6.45, 7) is 3.69. The molecule has 1 aliphatic heterocycles. The lowest BCUT2D eigenvalue weighted by atomic mass is 10.0. The largest absolute Gasteiger partial charge is 0.366 e. The molecule has 0 aromatic carbocycles. The first-order valence-electron chi connectivity index (χ1n) is 7.58. The molecule has 0 unspecified atom stereocenters. The van der Waals surface area contributed by atoms with E-state index in [4.69, 9.17) is 0 Å². The Morgan fingerprint density at radius 3 is 2.82 bits per heavy atom. The molecule has 1 N–H and O–H groups in total. The highest BCUT2D eigenvalue weighted by molar-refractivity contribution is 7.12. The molecule has 0 bridgehead atoms. The van der Waals surface area contributed by atoms with Crippen molar-refractivity contribution in [1.29, 1.82) is 0 Å². The quantitative estimate of drug-likeness (QED) is 0.941. The fourth-order valence-corrected chi connectivity index (χ4v) is 3.58. The summed E-state index contributed by atoms with van der Waals surface area (Å²) < 4.78 is 0. The molecule has 116 valence electrons. The van der Waals surface area contributed by atoms with Gasteiger partial charge in [0.25, 0.3) is 0 Å². The Hall–Kier alpha value is -1.95. The molecule has 0 radical (unpaired) electrons. The zero-order chi connectivity index (χ0) is 15.4. The third-order valence-electron chi connectivity index (χ3n) is 3.89. The number of amides is 1. The number of hydrogen-bond donors (Lipinski definition) is 1. The van der Waals surface area contributed by atoms with Crippen LogP contribution in [0.25, 0.3) is 0 Å². The normalized spacial score (nSPS) is 15.8. The van der Waals surface area contributed by atoms with Crippen molar-refractivity contribution in [2.75, 3.05) is 18.4 Å². The van der Waals surface area contributed by atoms with Crippen LogP contribution in [0.3, 0.4) is 0 Å². The van der Waals surface area contributed by atoms with E-state index in [-0.39, 0.29) is 5.91 Å². The van der Waals surface area contributed by atoms with E-state index in [1.165, 1.54) is 4.88 Å².